The average molecular weight is 259 g/mol. The number of fused-ring (bicyclic) bond motifs is 1. The van der Waals surface area contributed by atoms with E-state index in [0.29, 0.717) is 0 Å². The van der Waals surface area contributed by atoms with Crippen molar-refractivity contribution in [2.45, 2.75) is 25.8 Å². The molecule has 102 valence electrons. The van der Waals surface area contributed by atoms with Crippen molar-refractivity contribution in [3.8, 4) is 11.5 Å². The Morgan fingerprint density at radius 3 is 2.47 bits per heavy atom. The van der Waals surface area contributed by atoms with Crippen LogP contribution in [0.5, 0.6) is 11.5 Å². The third-order valence-corrected chi connectivity index (χ3v) is 3.47. The zero-order valence-corrected chi connectivity index (χ0v) is 11.8. The summed E-state index contributed by atoms with van der Waals surface area (Å²) in [7, 11) is 3.39. The average Bonchev–Trinajstić information content (AvgIpc) is 2.45. The van der Waals surface area contributed by atoms with E-state index in [-0.39, 0.29) is 6.04 Å². The molecule has 0 aliphatic rings. The summed E-state index contributed by atoms with van der Waals surface area (Å²) in [5.74, 6) is 1.77. The maximum atomic E-state index is 6.06. The molecule has 0 amide bonds. The summed E-state index contributed by atoms with van der Waals surface area (Å²) < 4.78 is 10.9. The quantitative estimate of drug-likeness (QED) is 0.897. The molecule has 0 heterocycles. The lowest BCUT2D eigenvalue weighted by atomic mass is 9.99. The second kappa shape index (κ2) is 5.93. The molecular weight excluding hydrogens is 238 g/mol. The number of rotatable bonds is 5. The van der Waals surface area contributed by atoms with Crippen LogP contribution in [0.25, 0.3) is 10.8 Å². The predicted molar refractivity (Wildman–Crippen MR) is 79.0 cm³/mol. The van der Waals surface area contributed by atoms with E-state index in [0.717, 1.165) is 40.7 Å². The molecule has 0 saturated heterocycles. The standard InChI is InChI=1S/C16H21NO2/c1-4-13(17)8-12-9-14-11(10-16(12)19-3)6-5-7-15(14)18-2/h5-7,9-10,13H,4,8,17H2,1-3H3. The summed E-state index contributed by atoms with van der Waals surface area (Å²) in [5.41, 5.74) is 7.19. The van der Waals surface area contributed by atoms with Crippen LogP contribution in [0.3, 0.4) is 0 Å². The number of ether oxygens (including phenoxy) is 2. The Morgan fingerprint density at radius 1 is 1.11 bits per heavy atom. The molecular formula is C16H21NO2. The molecule has 0 aliphatic carbocycles. The van der Waals surface area contributed by atoms with Gasteiger partial charge in [0.25, 0.3) is 0 Å². The third-order valence-electron chi connectivity index (χ3n) is 3.47. The van der Waals surface area contributed by atoms with Crippen molar-refractivity contribution in [1.82, 2.24) is 0 Å². The van der Waals surface area contributed by atoms with Crippen molar-refractivity contribution in [2.75, 3.05) is 14.2 Å². The number of nitrogens with two attached hydrogens (primary N) is 1. The van der Waals surface area contributed by atoms with Crippen LogP contribution in [0.1, 0.15) is 18.9 Å². The highest BCUT2D eigenvalue weighted by molar-refractivity contribution is 5.90. The zero-order chi connectivity index (χ0) is 13.8. The monoisotopic (exact) mass is 259 g/mol. The first-order valence-corrected chi connectivity index (χ1v) is 6.58. The van der Waals surface area contributed by atoms with Crippen LogP contribution in [0.2, 0.25) is 0 Å². The third kappa shape index (κ3) is 2.82. The second-order valence-corrected chi connectivity index (χ2v) is 4.72. The van der Waals surface area contributed by atoms with Crippen LogP contribution >= 0.6 is 0 Å². The van der Waals surface area contributed by atoms with Crippen molar-refractivity contribution in [1.29, 1.82) is 0 Å². The Hall–Kier alpha value is -1.74. The minimum Gasteiger partial charge on any atom is -0.496 e. The van der Waals surface area contributed by atoms with E-state index >= 15 is 0 Å². The molecule has 2 aromatic carbocycles. The van der Waals surface area contributed by atoms with Gasteiger partial charge in [0, 0.05) is 11.4 Å². The molecule has 2 aromatic rings. The van der Waals surface area contributed by atoms with Gasteiger partial charge in [0.2, 0.25) is 0 Å². The van der Waals surface area contributed by atoms with Gasteiger partial charge >= 0.3 is 0 Å². The van der Waals surface area contributed by atoms with Crippen LogP contribution < -0.4 is 15.2 Å². The second-order valence-electron chi connectivity index (χ2n) is 4.72. The van der Waals surface area contributed by atoms with E-state index in [1.165, 1.54) is 0 Å². The highest BCUT2D eigenvalue weighted by Gasteiger charge is 2.11. The Bertz CT molecular complexity index is 566. The molecule has 0 aromatic heterocycles. The topological polar surface area (TPSA) is 44.5 Å². The number of methoxy groups -OCH3 is 2. The Labute approximate surface area is 114 Å². The zero-order valence-electron chi connectivity index (χ0n) is 11.8. The smallest absolute Gasteiger partial charge is 0.126 e. The first-order chi connectivity index (χ1) is 9.19. The minimum absolute atomic E-state index is 0.154. The van der Waals surface area contributed by atoms with Crippen molar-refractivity contribution in [3.63, 3.8) is 0 Å². The van der Waals surface area contributed by atoms with Gasteiger partial charge in [-0.05, 0) is 42.0 Å². The van der Waals surface area contributed by atoms with E-state index in [1.54, 1.807) is 14.2 Å². The molecule has 0 fully saturated rings. The van der Waals surface area contributed by atoms with Gasteiger partial charge in [-0.3, -0.25) is 0 Å². The van der Waals surface area contributed by atoms with Crippen molar-refractivity contribution >= 4 is 10.8 Å². The van der Waals surface area contributed by atoms with Gasteiger partial charge in [-0.2, -0.15) is 0 Å². The largest absolute Gasteiger partial charge is 0.496 e. The van der Waals surface area contributed by atoms with Gasteiger partial charge in [-0.15, -0.1) is 0 Å². The Kier molecular flexibility index (Phi) is 4.27. The molecule has 2 N–H and O–H groups in total. The lowest BCUT2D eigenvalue weighted by Crippen LogP contribution is -2.21. The molecule has 0 spiro atoms. The highest BCUT2D eigenvalue weighted by Crippen LogP contribution is 2.32. The van der Waals surface area contributed by atoms with E-state index < -0.39 is 0 Å². The molecule has 2 rings (SSSR count). The van der Waals surface area contributed by atoms with E-state index in [2.05, 4.69) is 25.1 Å². The van der Waals surface area contributed by atoms with Gasteiger partial charge in [0.05, 0.1) is 14.2 Å². The number of benzene rings is 2. The molecule has 0 radical (unpaired) electrons. The fourth-order valence-electron chi connectivity index (χ4n) is 2.27. The molecule has 0 bridgehead atoms. The van der Waals surface area contributed by atoms with Crippen LogP contribution in [-0.4, -0.2) is 20.3 Å². The summed E-state index contributed by atoms with van der Waals surface area (Å²) in [4.78, 5) is 0. The van der Waals surface area contributed by atoms with Gasteiger partial charge < -0.3 is 15.2 Å². The SMILES string of the molecule is CCC(N)Cc1cc2c(OC)cccc2cc1OC. The van der Waals surface area contributed by atoms with E-state index in [4.69, 9.17) is 15.2 Å². The van der Waals surface area contributed by atoms with Crippen molar-refractivity contribution in [2.24, 2.45) is 5.73 Å². The predicted octanol–water partition coefficient (Wildman–Crippen LogP) is 3.14. The van der Waals surface area contributed by atoms with Gasteiger partial charge in [-0.25, -0.2) is 0 Å². The molecule has 3 heteroatoms. The number of hydrogen-bond acceptors (Lipinski definition) is 3. The summed E-state index contributed by atoms with van der Waals surface area (Å²) in [6.07, 6.45) is 1.76. The molecule has 0 aliphatic heterocycles. The van der Waals surface area contributed by atoms with Gasteiger partial charge in [0.1, 0.15) is 11.5 Å². The summed E-state index contributed by atoms with van der Waals surface area (Å²) >= 11 is 0. The fourth-order valence-corrected chi connectivity index (χ4v) is 2.27. The summed E-state index contributed by atoms with van der Waals surface area (Å²) in [6.45, 7) is 2.10. The minimum atomic E-state index is 0.154. The van der Waals surface area contributed by atoms with Gasteiger partial charge in [-0.1, -0.05) is 19.1 Å². The summed E-state index contributed by atoms with van der Waals surface area (Å²) in [6, 6.07) is 10.3. The van der Waals surface area contributed by atoms with Crippen LogP contribution in [-0.2, 0) is 6.42 Å². The van der Waals surface area contributed by atoms with Crippen LogP contribution in [0, 0.1) is 0 Å². The molecule has 1 atom stereocenters. The Morgan fingerprint density at radius 2 is 1.84 bits per heavy atom. The normalized spacial score (nSPS) is 12.4. The van der Waals surface area contributed by atoms with Crippen LogP contribution in [0.15, 0.2) is 30.3 Å². The van der Waals surface area contributed by atoms with Gasteiger partial charge in [0.15, 0.2) is 0 Å². The van der Waals surface area contributed by atoms with E-state index in [9.17, 15) is 0 Å². The maximum Gasteiger partial charge on any atom is 0.126 e. The lowest BCUT2D eigenvalue weighted by Gasteiger charge is -2.15. The first kappa shape index (κ1) is 13.7. The van der Waals surface area contributed by atoms with Crippen molar-refractivity contribution in [3.05, 3.63) is 35.9 Å². The molecule has 3 nitrogen and oxygen atoms in total. The fraction of sp³-hybridized carbons (Fsp3) is 0.375. The van der Waals surface area contributed by atoms with Crippen LogP contribution in [0.4, 0.5) is 0 Å². The maximum absolute atomic E-state index is 6.06. The summed E-state index contributed by atoms with van der Waals surface area (Å²) in [5, 5.41) is 2.22. The highest BCUT2D eigenvalue weighted by atomic mass is 16.5. The van der Waals surface area contributed by atoms with Crippen molar-refractivity contribution < 1.29 is 9.47 Å². The van der Waals surface area contributed by atoms with E-state index in [1.807, 2.05) is 12.1 Å². The number of hydrogen-bond donors (Lipinski definition) is 1. The molecule has 19 heavy (non-hydrogen) atoms. The first-order valence-electron chi connectivity index (χ1n) is 6.58. The molecule has 0 saturated carbocycles. The Balaban J connectivity index is 2.55. The lowest BCUT2D eigenvalue weighted by molar-refractivity contribution is 0.407. The molecule has 1 unspecified atom stereocenters.